The van der Waals surface area contributed by atoms with Crippen molar-refractivity contribution in [3.63, 3.8) is 0 Å². The van der Waals surface area contributed by atoms with Gasteiger partial charge in [0.2, 0.25) is 0 Å². The van der Waals surface area contributed by atoms with Crippen LogP contribution in [0.1, 0.15) is 5.56 Å². The van der Waals surface area contributed by atoms with Crippen molar-refractivity contribution in [3.8, 4) is 5.69 Å². The molecule has 2 aromatic heterocycles. The summed E-state index contributed by atoms with van der Waals surface area (Å²) in [6.45, 7) is 0.473. The Morgan fingerprint density at radius 2 is 1.58 bits per heavy atom. The van der Waals surface area contributed by atoms with Crippen LogP contribution in [0.15, 0.2) is 77.7 Å². The van der Waals surface area contributed by atoms with Crippen molar-refractivity contribution in [2.24, 2.45) is 0 Å². The molecule has 2 aromatic carbocycles. The fraction of sp³-hybridized carbons (Fsp3) is 0.0526. The summed E-state index contributed by atoms with van der Waals surface area (Å²) < 4.78 is 3.38. The van der Waals surface area contributed by atoms with Crippen molar-refractivity contribution >= 4 is 41.7 Å². The van der Waals surface area contributed by atoms with Gasteiger partial charge in [-0.3, -0.25) is 4.57 Å². The Labute approximate surface area is 162 Å². The Bertz CT molecular complexity index is 1060. The van der Waals surface area contributed by atoms with Gasteiger partial charge in [-0.2, -0.15) is 0 Å². The van der Waals surface area contributed by atoms with E-state index in [4.69, 9.17) is 5.73 Å². The third kappa shape index (κ3) is 3.45. The van der Waals surface area contributed by atoms with E-state index in [9.17, 15) is 4.79 Å². The third-order valence-corrected chi connectivity index (χ3v) is 4.03. The molecule has 4 rings (SSSR count). The van der Waals surface area contributed by atoms with Gasteiger partial charge in [0.15, 0.2) is 5.65 Å². The SMILES string of the molecule is Cl.Cl.Nc1ccc(Cn2c(=O)n(-c3ccccc3)c3ncccc32)cc1. The Morgan fingerprint density at radius 3 is 2.27 bits per heavy atom. The van der Waals surface area contributed by atoms with Crippen LogP contribution in [0, 0.1) is 0 Å². The Morgan fingerprint density at radius 1 is 0.885 bits per heavy atom. The quantitative estimate of drug-likeness (QED) is 0.544. The minimum atomic E-state index is -0.105. The minimum Gasteiger partial charge on any atom is -0.399 e. The first-order valence-electron chi connectivity index (χ1n) is 7.70. The minimum absolute atomic E-state index is 0. The van der Waals surface area contributed by atoms with Gasteiger partial charge in [-0.25, -0.2) is 14.3 Å². The molecule has 0 radical (unpaired) electrons. The van der Waals surface area contributed by atoms with Crippen LogP contribution < -0.4 is 11.4 Å². The van der Waals surface area contributed by atoms with E-state index >= 15 is 0 Å². The van der Waals surface area contributed by atoms with Crippen molar-refractivity contribution in [1.82, 2.24) is 14.1 Å². The van der Waals surface area contributed by atoms with Gasteiger partial charge in [0.25, 0.3) is 0 Å². The van der Waals surface area contributed by atoms with Crippen molar-refractivity contribution in [2.45, 2.75) is 6.54 Å². The highest BCUT2D eigenvalue weighted by Gasteiger charge is 2.15. The van der Waals surface area contributed by atoms with Crippen LogP contribution in [0.4, 0.5) is 5.69 Å². The number of nitrogens with two attached hydrogens (primary N) is 1. The van der Waals surface area contributed by atoms with Crippen LogP contribution >= 0.6 is 24.8 Å². The summed E-state index contributed by atoms with van der Waals surface area (Å²) in [4.78, 5) is 17.4. The highest BCUT2D eigenvalue weighted by atomic mass is 35.5. The van der Waals surface area contributed by atoms with Crippen LogP contribution in [0.5, 0.6) is 0 Å². The van der Waals surface area contributed by atoms with E-state index in [0.717, 1.165) is 16.8 Å². The number of rotatable bonds is 3. The molecule has 0 spiro atoms. The molecule has 7 heteroatoms. The standard InChI is InChI=1S/C19H16N4O.2ClH/c20-15-10-8-14(9-11-15)13-22-17-7-4-12-21-18(17)23(19(22)24)16-5-2-1-3-6-16;;/h1-12H,13,20H2;2*1H. The van der Waals surface area contributed by atoms with Gasteiger partial charge in [-0.1, -0.05) is 30.3 Å². The molecule has 4 aromatic rings. The molecule has 0 bridgehead atoms. The summed E-state index contributed by atoms with van der Waals surface area (Å²) in [6.07, 6.45) is 1.70. The van der Waals surface area contributed by atoms with E-state index in [1.807, 2.05) is 66.7 Å². The van der Waals surface area contributed by atoms with Gasteiger partial charge in [0, 0.05) is 11.9 Å². The number of pyridine rings is 1. The van der Waals surface area contributed by atoms with Crippen LogP contribution in [0.2, 0.25) is 0 Å². The second kappa shape index (κ2) is 8.08. The van der Waals surface area contributed by atoms with E-state index in [1.54, 1.807) is 15.3 Å². The summed E-state index contributed by atoms with van der Waals surface area (Å²) in [6, 6.07) is 20.9. The molecule has 0 amide bonds. The van der Waals surface area contributed by atoms with Crippen LogP contribution in [-0.4, -0.2) is 14.1 Å². The lowest BCUT2D eigenvalue weighted by atomic mass is 10.2. The molecule has 0 unspecified atom stereocenters. The lowest BCUT2D eigenvalue weighted by Crippen LogP contribution is -2.23. The van der Waals surface area contributed by atoms with Gasteiger partial charge < -0.3 is 5.73 Å². The fourth-order valence-corrected chi connectivity index (χ4v) is 2.85. The van der Waals surface area contributed by atoms with Gasteiger partial charge in [-0.05, 0) is 42.0 Å². The van der Waals surface area contributed by atoms with Crippen molar-refractivity contribution in [2.75, 3.05) is 5.73 Å². The third-order valence-electron chi connectivity index (χ3n) is 4.03. The molecule has 0 fully saturated rings. The monoisotopic (exact) mass is 388 g/mol. The predicted molar refractivity (Wildman–Crippen MR) is 110 cm³/mol. The van der Waals surface area contributed by atoms with Gasteiger partial charge in [-0.15, -0.1) is 24.8 Å². The number of fused-ring (bicyclic) bond motifs is 1. The summed E-state index contributed by atoms with van der Waals surface area (Å²) in [5.41, 5.74) is 9.63. The van der Waals surface area contributed by atoms with E-state index in [0.29, 0.717) is 17.9 Å². The molecule has 0 saturated heterocycles. The second-order valence-electron chi connectivity index (χ2n) is 5.63. The lowest BCUT2D eigenvalue weighted by molar-refractivity contribution is 0.763. The maximum atomic E-state index is 13.0. The Kier molecular flexibility index (Phi) is 6.08. The van der Waals surface area contributed by atoms with Crippen molar-refractivity contribution in [3.05, 3.63) is 89.0 Å². The summed E-state index contributed by atoms with van der Waals surface area (Å²) >= 11 is 0. The average Bonchev–Trinajstić information content (AvgIpc) is 2.90. The zero-order chi connectivity index (χ0) is 16.5. The molecule has 2 heterocycles. The Hall–Kier alpha value is -2.76. The van der Waals surface area contributed by atoms with E-state index in [-0.39, 0.29) is 30.5 Å². The highest BCUT2D eigenvalue weighted by molar-refractivity contribution is 5.85. The molecular formula is C19H18Cl2N4O. The molecule has 2 N–H and O–H groups in total. The fourth-order valence-electron chi connectivity index (χ4n) is 2.85. The van der Waals surface area contributed by atoms with E-state index < -0.39 is 0 Å². The maximum absolute atomic E-state index is 13.0. The lowest BCUT2D eigenvalue weighted by Gasteiger charge is -2.04. The number of nitrogen functional groups attached to an aromatic ring is 1. The van der Waals surface area contributed by atoms with Crippen LogP contribution in [-0.2, 0) is 6.54 Å². The van der Waals surface area contributed by atoms with Crippen LogP contribution in [0.25, 0.3) is 16.9 Å². The average molecular weight is 389 g/mol. The number of hydrogen-bond acceptors (Lipinski definition) is 3. The number of halogens is 2. The number of anilines is 1. The number of hydrogen-bond donors (Lipinski definition) is 1. The smallest absolute Gasteiger partial charge is 0.335 e. The molecule has 5 nitrogen and oxygen atoms in total. The zero-order valence-corrected chi connectivity index (χ0v) is 15.4. The molecule has 0 aliphatic carbocycles. The largest absolute Gasteiger partial charge is 0.399 e. The zero-order valence-electron chi connectivity index (χ0n) is 13.8. The number of benzene rings is 2. The van der Waals surface area contributed by atoms with E-state index in [2.05, 4.69) is 4.98 Å². The summed E-state index contributed by atoms with van der Waals surface area (Å²) in [5.74, 6) is 0. The first kappa shape index (κ1) is 19.6. The summed E-state index contributed by atoms with van der Waals surface area (Å²) in [7, 11) is 0. The highest BCUT2D eigenvalue weighted by Crippen LogP contribution is 2.17. The predicted octanol–water partition coefficient (Wildman–Crippen LogP) is 3.66. The number of para-hydroxylation sites is 1. The molecule has 0 saturated carbocycles. The first-order valence-corrected chi connectivity index (χ1v) is 7.70. The molecule has 0 atom stereocenters. The molecular weight excluding hydrogens is 371 g/mol. The summed E-state index contributed by atoms with van der Waals surface area (Å²) in [5, 5.41) is 0. The van der Waals surface area contributed by atoms with Gasteiger partial charge >= 0.3 is 5.69 Å². The Balaban J connectivity index is 0.00000121. The number of aromatic nitrogens is 3. The second-order valence-corrected chi connectivity index (χ2v) is 5.63. The first-order chi connectivity index (χ1) is 11.7. The molecule has 0 aliphatic heterocycles. The van der Waals surface area contributed by atoms with Crippen molar-refractivity contribution < 1.29 is 0 Å². The normalized spacial score (nSPS) is 10.2. The number of nitrogens with zero attached hydrogens (tertiary/aromatic N) is 3. The molecule has 0 aliphatic rings. The van der Waals surface area contributed by atoms with E-state index in [1.165, 1.54) is 0 Å². The maximum Gasteiger partial charge on any atom is 0.335 e. The van der Waals surface area contributed by atoms with Gasteiger partial charge in [0.05, 0.1) is 17.7 Å². The molecule has 134 valence electrons. The van der Waals surface area contributed by atoms with Gasteiger partial charge in [0.1, 0.15) is 0 Å². The van der Waals surface area contributed by atoms with Crippen LogP contribution in [0.3, 0.4) is 0 Å². The number of imidazole rings is 1. The van der Waals surface area contributed by atoms with Crippen molar-refractivity contribution in [1.29, 1.82) is 0 Å². The topological polar surface area (TPSA) is 65.8 Å². The molecule has 26 heavy (non-hydrogen) atoms.